The number of nitrogens with one attached hydrogen (secondary N) is 1. The first-order valence-corrected chi connectivity index (χ1v) is 6.86. The Labute approximate surface area is 108 Å². The van der Waals surface area contributed by atoms with Crippen LogP contribution >= 0.6 is 0 Å². The van der Waals surface area contributed by atoms with Crippen molar-refractivity contribution in [3.63, 3.8) is 0 Å². The standard InChI is InChI=1S/C15H20N2O/c1-11-5-7-12(8-6-11)14-15(18)17-9-3-2-4-13(17)10-16-14/h5-8,13-14,16H,2-4,9-10H2,1H3. The molecule has 3 rings (SSSR count). The number of piperidine rings is 1. The minimum Gasteiger partial charge on any atom is -0.337 e. The number of nitrogens with zero attached hydrogens (tertiary/aromatic N) is 1. The summed E-state index contributed by atoms with van der Waals surface area (Å²) in [5.74, 6) is 0.259. The minimum absolute atomic E-state index is 0.139. The molecule has 0 radical (unpaired) electrons. The van der Waals surface area contributed by atoms with Gasteiger partial charge in [0.1, 0.15) is 6.04 Å². The van der Waals surface area contributed by atoms with Crippen LogP contribution in [-0.2, 0) is 4.79 Å². The smallest absolute Gasteiger partial charge is 0.244 e. The highest BCUT2D eigenvalue weighted by atomic mass is 16.2. The van der Waals surface area contributed by atoms with Crippen molar-refractivity contribution in [2.75, 3.05) is 13.1 Å². The Hall–Kier alpha value is -1.35. The van der Waals surface area contributed by atoms with Gasteiger partial charge in [-0.3, -0.25) is 4.79 Å². The molecule has 0 aliphatic carbocycles. The number of aryl methyl sites for hydroxylation is 1. The molecule has 1 aromatic carbocycles. The minimum atomic E-state index is -0.139. The molecule has 3 heteroatoms. The monoisotopic (exact) mass is 244 g/mol. The van der Waals surface area contributed by atoms with Crippen LogP contribution in [0.15, 0.2) is 24.3 Å². The van der Waals surface area contributed by atoms with Crippen LogP contribution in [0, 0.1) is 6.92 Å². The summed E-state index contributed by atoms with van der Waals surface area (Å²) in [6, 6.07) is 8.57. The van der Waals surface area contributed by atoms with Gasteiger partial charge in [-0.1, -0.05) is 29.8 Å². The lowest BCUT2D eigenvalue weighted by Gasteiger charge is -2.43. The van der Waals surface area contributed by atoms with E-state index in [9.17, 15) is 4.79 Å². The van der Waals surface area contributed by atoms with Crippen LogP contribution < -0.4 is 5.32 Å². The van der Waals surface area contributed by atoms with Gasteiger partial charge in [0.05, 0.1) is 0 Å². The van der Waals surface area contributed by atoms with E-state index in [1.165, 1.54) is 12.0 Å². The summed E-state index contributed by atoms with van der Waals surface area (Å²) in [5, 5.41) is 3.41. The van der Waals surface area contributed by atoms with E-state index >= 15 is 0 Å². The van der Waals surface area contributed by atoms with Gasteiger partial charge in [-0.15, -0.1) is 0 Å². The maximum atomic E-state index is 12.5. The second kappa shape index (κ2) is 4.73. The van der Waals surface area contributed by atoms with Gasteiger partial charge < -0.3 is 10.2 Å². The number of rotatable bonds is 1. The van der Waals surface area contributed by atoms with Crippen molar-refractivity contribution >= 4 is 5.91 Å². The molecule has 2 heterocycles. The SMILES string of the molecule is Cc1ccc(C2NCC3CCCCN3C2=O)cc1. The molecule has 0 bridgehead atoms. The largest absolute Gasteiger partial charge is 0.337 e. The van der Waals surface area contributed by atoms with Gasteiger partial charge in [0.25, 0.3) is 0 Å². The highest BCUT2D eigenvalue weighted by Crippen LogP contribution is 2.26. The Morgan fingerprint density at radius 1 is 1.22 bits per heavy atom. The van der Waals surface area contributed by atoms with Crippen LogP contribution in [-0.4, -0.2) is 29.9 Å². The summed E-state index contributed by atoms with van der Waals surface area (Å²) >= 11 is 0. The quantitative estimate of drug-likeness (QED) is 0.819. The van der Waals surface area contributed by atoms with Crippen molar-refractivity contribution in [1.29, 1.82) is 0 Å². The molecule has 96 valence electrons. The van der Waals surface area contributed by atoms with E-state index in [4.69, 9.17) is 0 Å². The third-order valence-corrected chi connectivity index (χ3v) is 4.13. The number of hydrogen-bond donors (Lipinski definition) is 1. The average molecular weight is 244 g/mol. The van der Waals surface area contributed by atoms with Gasteiger partial charge in [0, 0.05) is 19.1 Å². The fourth-order valence-corrected chi connectivity index (χ4v) is 3.03. The molecule has 2 saturated heterocycles. The van der Waals surface area contributed by atoms with Crippen molar-refractivity contribution in [3.05, 3.63) is 35.4 Å². The van der Waals surface area contributed by atoms with Crippen LogP contribution in [0.5, 0.6) is 0 Å². The van der Waals surface area contributed by atoms with Crippen molar-refractivity contribution < 1.29 is 4.79 Å². The number of carbonyl (C=O) groups is 1. The number of fused-ring (bicyclic) bond motifs is 1. The van der Waals surface area contributed by atoms with E-state index in [2.05, 4.69) is 41.4 Å². The molecular formula is C15H20N2O. The van der Waals surface area contributed by atoms with E-state index in [1.54, 1.807) is 0 Å². The summed E-state index contributed by atoms with van der Waals surface area (Å²) < 4.78 is 0. The third kappa shape index (κ3) is 2.03. The molecular weight excluding hydrogens is 224 g/mol. The van der Waals surface area contributed by atoms with E-state index in [-0.39, 0.29) is 11.9 Å². The van der Waals surface area contributed by atoms with E-state index < -0.39 is 0 Å². The lowest BCUT2D eigenvalue weighted by Crippen LogP contribution is -2.57. The number of piperazine rings is 1. The predicted molar refractivity (Wildman–Crippen MR) is 71.3 cm³/mol. The number of carbonyl (C=O) groups excluding carboxylic acids is 1. The lowest BCUT2D eigenvalue weighted by atomic mass is 9.94. The summed E-state index contributed by atoms with van der Waals surface area (Å²) in [7, 11) is 0. The van der Waals surface area contributed by atoms with Crippen molar-refractivity contribution in [2.45, 2.75) is 38.3 Å². The maximum absolute atomic E-state index is 12.5. The first-order valence-electron chi connectivity index (χ1n) is 6.86. The van der Waals surface area contributed by atoms with E-state index in [0.717, 1.165) is 31.5 Å². The first-order chi connectivity index (χ1) is 8.75. The molecule has 3 nitrogen and oxygen atoms in total. The Kier molecular flexibility index (Phi) is 3.08. The van der Waals surface area contributed by atoms with Gasteiger partial charge in [0.15, 0.2) is 0 Å². The van der Waals surface area contributed by atoms with E-state index in [1.807, 2.05) is 0 Å². The van der Waals surface area contributed by atoms with Crippen LogP contribution in [0.1, 0.15) is 36.4 Å². The van der Waals surface area contributed by atoms with Gasteiger partial charge in [-0.2, -0.15) is 0 Å². The summed E-state index contributed by atoms with van der Waals surface area (Å²) in [4.78, 5) is 14.6. The van der Waals surface area contributed by atoms with Crippen LogP contribution in [0.25, 0.3) is 0 Å². The molecule has 2 unspecified atom stereocenters. The second-order valence-corrected chi connectivity index (χ2v) is 5.43. The molecule has 0 spiro atoms. The molecule has 1 aromatic rings. The highest BCUT2D eigenvalue weighted by molar-refractivity contribution is 5.84. The molecule has 0 saturated carbocycles. The molecule has 18 heavy (non-hydrogen) atoms. The normalized spacial score (nSPS) is 28.1. The lowest BCUT2D eigenvalue weighted by molar-refractivity contribution is -0.140. The third-order valence-electron chi connectivity index (χ3n) is 4.13. The van der Waals surface area contributed by atoms with Gasteiger partial charge in [0.2, 0.25) is 5.91 Å². The second-order valence-electron chi connectivity index (χ2n) is 5.43. The molecule has 2 atom stereocenters. The van der Waals surface area contributed by atoms with Gasteiger partial charge in [-0.05, 0) is 31.7 Å². The van der Waals surface area contributed by atoms with Crippen molar-refractivity contribution in [2.24, 2.45) is 0 Å². The molecule has 1 N–H and O–H groups in total. The number of hydrogen-bond acceptors (Lipinski definition) is 2. The zero-order chi connectivity index (χ0) is 12.5. The molecule has 2 aliphatic rings. The van der Waals surface area contributed by atoms with Gasteiger partial charge >= 0.3 is 0 Å². The summed E-state index contributed by atoms with van der Waals surface area (Å²) in [6.07, 6.45) is 3.56. The van der Waals surface area contributed by atoms with Crippen LogP contribution in [0.2, 0.25) is 0 Å². The summed E-state index contributed by atoms with van der Waals surface area (Å²) in [5.41, 5.74) is 2.33. The van der Waals surface area contributed by atoms with Gasteiger partial charge in [-0.25, -0.2) is 0 Å². The maximum Gasteiger partial charge on any atom is 0.244 e. The topological polar surface area (TPSA) is 32.3 Å². The Morgan fingerprint density at radius 2 is 2.00 bits per heavy atom. The number of benzene rings is 1. The number of amides is 1. The molecule has 2 fully saturated rings. The Morgan fingerprint density at radius 3 is 2.78 bits per heavy atom. The van der Waals surface area contributed by atoms with Crippen LogP contribution in [0.3, 0.4) is 0 Å². The van der Waals surface area contributed by atoms with Crippen molar-refractivity contribution in [3.8, 4) is 0 Å². The predicted octanol–water partition coefficient (Wildman–Crippen LogP) is 2.02. The fraction of sp³-hybridized carbons (Fsp3) is 0.533. The Balaban J connectivity index is 1.81. The van der Waals surface area contributed by atoms with Crippen molar-refractivity contribution in [1.82, 2.24) is 10.2 Å². The fourth-order valence-electron chi connectivity index (χ4n) is 3.03. The van der Waals surface area contributed by atoms with Crippen LogP contribution in [0.4, 0.5) is 0 Å². The Bertz CT molecular complexity index is 440. The molecule has 0 aromatic heterocycles. The average Bonchev–Trinajstić information content (AvgIpc) is 2.41. The summed E-state index contributed by atoms with van der Waals surface area (Å²) in [6.45, 7) is 3.94. The first kappa shape index (κ1) is 11.7. The molecule has 1 amide bonds. The zero-order valence-corrected chi connectivity index (χ0v) is 10.9. The highest BCUT2D eigenvalue weighted by Gasteiger charge is 2.36. The van der Waals surface area contributed by atoms with E-state index in [0.29, 0.717) is 6.04 Å². The molecule has 2 aliphatic heterocycles. The zero-order valence-electron chi connectivity index (χ0n) is 10.9.